The Morgan fingerprint density at radius 2 is 2.05 bits per heavy atom. The molecule has 114 valence electrons. The predicted octanol–water partition coefficient (Wildman–Crippen LogP) is 4.36. The van der Waals surface area contributed by atoms with Crippen LogP contribution in [0.3, 0.4) is 0 Å². The van der Waals surface area contributed by atoms with Crippen LogP contribution < -0.4 is 5.73 Å². The highest BCUT2D eigenvalue weighted by molar-refractivity contribution is 9.10. The molecule has 0 spiro atoms. The lowest BCUT2D eigenvalue weighted by molar-refractivity contribution is -0.117. The van der Waals surface area contributed by atoms with Crippen LogP contribution in [0.4, 0.5) is 10.1 Å². The van der Waals surface area contributed by atoms with Gasteiger partial charge in [-0.1, -0.05) is 13.3 Å². The second-order valence-electron chi connectivity index (χ2n) is 5.59. The number of rotatable bonds is 4. The summed E-state index contributed by atoms with van der Waals surface area (Å²) >= 11 is 3.09. The highest BCUT2D eigenvalue weighted by Gasteiger charge is 2.27. The summed E-state index contributed by atoms with van der Waals surface area (Å²) < 4.78 is 13.5. The van der Waals surface area contributed by atoms with Crippen molar-refractivity contribution in [2.75, 3.05) is 0 Å². The highest BCUT2D eigenvalue weighted by Crippen LogP contribution is 2.31. The van der Waals surface area contributed by atoms with E-state index in [1.54, 1.807) is 0 Å². The van der Waals surface area contributed by atoms with Gasteiger partial charge in [-0.15, -0.1) is 0 Å². The minimum atomic E-state index is -0.364. The van der Waals surface area contributed by atoms with Crippen LogP contribution in [0.1, 0.15) is 39.0 Å². The molecule has 0 unspecified atom stereocenters. The number of Topliss-reactive ketones (excluding diaryl/α,β-unsaturated/α-hetero) is 1. The minimum absolute atomic E-state index is 0.0135. The zero-order valence-corrected chi connectivity index (χ0v) is 13.7. The van der Waals surface area contributed by atoms with Crippen LogP contribution >= 0.6 is 15.9 Å². The average molecular weight is 355 g/mol. The van der Waals surface area contributed by atoms with Crippen LogP contribution in [0.5, 0.6) is 0 Å². The van der Waals surface area contributed by atoms with E-state index in [4.69, 9.17) is 5.73 Å². The Morgan fingerprint density at radius 3 is 2.62 bits per heavy atom. The number of ketones is 1. The van der Waals surface area contributed by atoms with Gasteiger partial charge in [0.25, 0.3) is 0 Å². The Kier molecular flexibility index (Phi) is 5.51. The van der Waals surface area contributed by atoms with Crippen molar-refractivity contribution in [1.82, 2.24) is 0 Å². The molecule has 1 saturated carbocycles. The molecule has 21 heavy (non-hydrogen) atoms. The van der Waals surface area contributed by atoms with E-state index in [0.29, 0.717) is 10.2 Å². The lowest BCUT2D eigenvalue weighted by Gasteiger charge is -2.26. The van der Waals surface area contributed by atoms with Crippen LogP contribution in [0.15, 0.2) is 27.7 Å². The normalized spacial score (nSPS) is 23.1. The van der Waals surface area contributed by atoms with Gasteiger partial charge in [0.15, 0.2) is 5.84 Å². The third-order valence-electron chi connectivity index (χ3n) is 4.20. The summed E-state index contributed by atoms with van der Waals surface area (Å²) in [6, 6.07) is 4.32. The molecule has 1 aliphatic carbocycles. The van der Waals surface area contributed by atoms with E-state index in [9.17, 15) is 9.18 Å². The van der Waals surface area contributed by atoms with Gasteiger partial charge < -0.3 is 5.73 Å². The molecule has 0 saturated heterocycles. The molecule has 0 aromatic heterocycles. The summed E-state index contributed by atoms with van der Waals surface area (Å²) in [6.45, 7) is 2.19. The third kappa shape index (κ3) is 4.13. The fourth-order valence-corrected chi connectivity index (χ4v) is 3.16. The first-order valence-electron chi connectivity index (χ1n) is 7.34. The number of nitrogens with two attached hydrogens (primary N) is 1. The summed E-state index contributed by atoms with van der Waals surface area (Å²) in [5.74, 6) is 0.302. The van der Waals surface area contributed by atoms with Crippen molar-refractivity contribution in [1.29, 1.82) is 0 Å². The first-order chi connectivity index (χ1) is 10.0. The quantitative estimate of drug-likeness (QED) is 0.644. The van der Waals surface area contributed by atoms with E-state index >= 15 is 0 Å². The first kappa shape index (κ1) is 16.1. The summed E-state index contributed by atoms with van der Waals surface area (Å²) in [7, 11) is 0. The van der Waals surface area contributed by atoms with E-state index in [2.05, 4.69) is 27.8 Å². The molecule has 0 aliphatic heterocycles. The number of carbonyl (C=O) groups excluding carboxylic acids is 1. The molecule has 1 aliphatic rings. The lowest BCUT2D eigenvalue weighted by Crippen LogP contribution is -2.32. The maximum absolute atomic E-state index is 13.2. The topological polar surface area (TPSA) is 55.5 Å². The standard InChI is InChI=1S/C16H20BrFN2O/c1-2-10-3-5-11(6-4-10)15(21)16(19)20-12-7-8-14(18)13(17)9-12/h7-11H,2-6H2,1H3,(H2,19,20). The molecular weight excluding hydrogens is 335 g/mol. The third-order valence-corrected chi connectivity index (χ3v) is 4.81. The van der Waals surface area contributed by atoms with Crippen molar-refractivity contribution >= 4 is 33.2 Å². The molecule has 1 fully saturated rings. The smallest absolute Gasteiger partial charge is 0.200 e. The molecule has 0 bridgehead atoms. The van der Waals surface area contributed by atoms with E-state index in [-0.39, 0.29) is 23.4 Å². The van der Waals surface area contributed by atoms with E-state index in [0.717, 1.165) is 31.6 Å². The molecule has 1 aromatic rings. The fraction of sp³-hybridized carbons (Fsp3) is 0.500. The lowest BCUT2D eigenvalue weighted by atomic mass is 9.79. The summed E-state index contributed by atoms with van der Waals surface area (Å²) in [5, 5.41) is 0. The van der Waals surface area contributed by atoms with Gasteiger partial charge in [-0.3, -0.25) is 4.79 Å². The zero-order chi connectivity index (χ0) is 15.4. The van der Waals surface area contributed by atoms with E-state index < -0.39 is 0 Å². The van der Waals surface area contributed by atoms with Crippen LogP contribution in [0.25, 0.3) is 0 Å². The van der Waals surface area contributed by atoms with Gasteiger partial charge in [0, 0.05) is 5.92 Å². The van der Waals surface area contributed by atoms with Crippen molar-refractivity contribution in [2.24, 2.45) is 22.6 Å². The first-order valence-corrected chi connectivity index (χ1v) is 8.14. The zero-order valence-electron chi connectivity index (χ0n) is 12.1. The summed E-state index contributed by atoms with van der Waals surface area (Å²) in [5.41, 5.74) is 6.31. The van der Waals surface area contributed by atoms with Gasteiger partial charge in [-0.25, -0.2) is 9.38 Å². The van der Waals surface area contributed by atoms with Gasteiger partial charge >= 0.3 is 0 Å². The Labute approximate surface area is 133 Å². The second-order valence-corrected chi connectivity index (χ2v) is 6.44. The average Bonchev–Trinajstić information content (AvgIpc) is 2.50. The Morgan fingerprint density at radius 1 is 1.38 bits per heavy atom. The summed E-state index contributed by atoms with van der Waals surface area (Å²) in [6.07, 6.45) is 5.12. The van der Waals surface area contributed by atoms with Crippen LogP contribution in [0.2, 0.25) is 0 Å². The number of hydrogen-bond acceptors (Lipinski definition) is 2. The van der Waals surface area contributed by atoms with Gasteiger partial charge in [0.2, 0.25) is 5.78 Å². The highest BCUT2D eigenvalue weighted by atomic mass is 79.9. The predicted molar refractivity (Wildman–Crippen MR) is 86.1 cm³/mol. The number of amidine groups is 1. The van der Waals surface area contributed by atoms with Crippen LogP contribution in [-0.2, 0) is 4.79 Å². The van der Waals surface area contributed by atoms with E-state index in [1.807, 2.05) is 0 Å². The van der Waals surface area contributed by atoms with Crippen molar-refractivity contribution in [3.05, 3.63) is 28.5 Å². The molecule has 0 heterocycles. The molecule has 0 atom stereocenters. The molecule has 3 nitrogen and oxygen atoms in total. The SMILES string of the molecule is CCC1CCC(C(=O)C(N)=Nc2ccc(F)c(Br)c2)CC1. The molecule has 1 aromatic carbocycles. The van der Waals surface area contributed by atoms with Crippen molar-refractivity contribution < 1.29 is 9.18 Å². The Bertz CT molecular complexity index is 551. The number of carbonyl (C=O) groups is 1. The minimum Gasteiger partial charge on any atom is -0.381 e. The number of nitrogens with zero attached hydrogens (tertiary/aromatic N) is 1. The number of hydrogen-bond donors (Lipinski definition) is 1. The molecule has 2 rings (SSSR count). The molecule has 2 N–H and O–H groups in total. The number of benzene rings is 1. The van der Waals surface area contributed by atoms with Gasteiger partial charge in [-0.2, -0.15) is 0 Å². The molecule has 5 heteroatoms. The fourth-order valence-electron chi connectivity index (χ4n) is 2.79. The largest absolute Gasteiger partial charge is 0.381 e. The van der Waals surface area contributed by atoms with Crippen LogP contribution in [-0.4, -0.2) is 11.6 Å². The number of aliphatic imine (C=N–C) groups is 1. The molecule has 0 radical (unpaired) electrons. The van der Waals surface area contributed by atoms with Gasteiger partial charge in [-0.05, 0) is 65.7 Å². The Balaban J connectivity index is 2.05. The second kappa shape index (κ2) is 7.16. The van der Waals surface area contributed by atoms with Crippen molar-refractivity contribution in [2.45, 2.75) is 39.0 Å². The maximum Gasteiger partial charge on any atom is 0.200 e. The monoisotopic (exact) mass is 354 g/mol. The number of halogens is 2. The maximum atomic E-state index is 13.2. The van der Waals surface area contributed by atoms with Gasteiger partial charge in [0.05, 0.1) is 10.2 Å². The van der Waals surface area contributed by atoms with Gasteiger partial charge in [0.1, 0.15) is 5.82 Å². The summed E-state index contributed by atoms with van der Waals surface area (Å²) in [4.78, 5) is 16.4. The molecule has 0 amide bonds. The van der Waals surface area contributed by atoms with Crippen LogP contribution in [0, 0.1) is 17.7 Å². The van der Waals surface area contributed by atoms with Crippen molar-refractivity contribution in [3.63, 3.8) is 0 Å². The van der Waals surface area contributed by atoms with Crippen molar-refractivity contribution in [3.8, 4) is 0 Å². The Hall–Kier alpha value is -1.23. The molecular formula is C16H20BrFN2O. The van der Waals surface area contributed by atoms with E-state index in [1.165, 1.54) is 24.6 Å².